The zero-order valence-corrected chi connectivity index (χ0v) is 11.1. The van der Waals surface area contributed by atoms with Crippen LogP contribution in [0.4, 0.5) is 4.39 Å². The Balaban J connectivity index is 2.68. The summed E-state index contributed by atoms with van der Waals surface area (Å²) >= 11 is 0. The maximum absolute atomic E-state index is 13.3. The molecule has 2 rings (SSSR count). The smallest absolute Gasteiger partial charge is 0.360 e. The summed E-state index contributed by atoms with van der Waals surface area (Å²) in [6.07, 6.45) is 1.86. The minimum Gasteiger partial charge on any atom is -0.476 e. The molecule has 0 unspecified atom stereocenters. The minimum absolute atomic E-state index is 0.347. The Labute approximate surface area is 114 Å². The summed E-state index contributed by atoms with van der Waals surface area (Å²) < 4.78 is 14.5. The molecule has 0 amide bonds. The average Bonchev–Trinajstić information content (AvgIpc) is 2.42. The lowest BCUT2D eigenvalue weighted by molar-refractivity contribution is 0.0686. The number of nitrogens with zero attached hydrogens (tertiary/aromatic N) is 2. The molecule has 0 bridgehead atoms. The van der Waals surface area contributed by atoms with Crippen LogP contribution in [0.15, 0.2) is 29.2 Å². The quantitative estimate of drug-likeness (QED) is 0.929. The molecule has 5 nitrogen and oxygen atoms in total. The van der Waals surface area contributed by atoms with Gasteiger partial charge in [0.1, 0.15) is 5.82 Å². The fourth-order valence-electron chi connectivity index (χ4n) is 1.84. The molecule has 0 saturated heterocycles. The van der Waals surface area contributed by atoms with Gasteiger partial charge in [0.15, 0.2) is 0 Å². The molecule has 0 saturated carbocycles. The van der Waals surface area contributed by atoms with Crippen molar-refractivity contribution in [3.8, 4) is 5.69 Å². The lowest BCUT2D eigenvalue weighted by atomic mass is 10.2. The van der Waals surface area contributed by atoms with Crippen molar-refractivity contribution in [1.82, 2.24) is 9.78 Å². The first-order chi connectivity index (χ1) is 9.43. The number of benzene rings is 1. The van der Waals surface area contributed by atoms with Gasteiger partial charge in [0, 0.05) is 11.8 Å². The van der Waals surface area contributed by atoms with Crippen molar-refractivity contribution in [2.24, 2.45) is 0 Å². The number of aromatic nitrogens is 2. The van der Waals surface area contributed by atoms with E-state index in [0.29, 0.717) is 23.2 Å². The number of aromatic carboxylic acids is 1. The van der Waals surface area contributed by atoms with Crippen molar-refractivity contribution in [1.29, 1.82) is 0 Å². The molecule has 1 aromatic heterocycles. The minimum atomic E-state index is -1.38. The Bertz CT molecular complexity index is 738. The second-order valence-electron chi connectivity index (χ2n) is 4.37. The standard InChI is InChI=1S/C14H13FN2O3/c1-3-9-7-17(16-12(13(9)18)14(19)20)10-4-5-11(15)8(2)6-10/h4-7H,3H2,1-2H3,(H,19,20). The molecule has 1 heterocycles. The summed E-state index contributed by atoms with van der Waals surface area (Å²) in [4.78, 5) is 22.9. The van der Waals surface area contributed by atoms with Crippen LogP contribution < -0.4 is 5.43 Å². The van der Waals surface area contributed by atoms with Gasteiger partial charge >= 0.3 is 5.97 Å². The zero-order chi connectivity index (χ0) is 14.9. The highest BCUT2D eigenvalue weighted by molar-refractivity contribution is 5.85. The molecule has 0 atom stereocenters. The van der Waals surface area contributed by atoms with Crippen LogP contribution in [0.1, 0.15) is 28.5 Å². The third-order valence-corrected chi connectivity index (χ3v) is 2.98. The second-order valence-corrected chi connectivity index (χ2v) is 4.37. The summed E-state index contributed by atoms with van der Waals surface area (Å²) in [5, 5.41) is 12.8. The number of aryl methyl sites for hydroxylation is 2. The van der Waals surface area contributed by atoms with E-state index in [-0.39, 0.29) is 5.82 Å². The maximum atomic E-state index is 13.3. The predicted octanol–water partition coefficient (Wildman–Crippen LogP) is 1.94. The molecule has 2 aromatic rings. The van der Waals surface area contributed by atoms with Gasteiger partial charge in [-0.05, 0) is 37.1 Å². The number of carboxylic acids is 1. The first kappa shape index (κ1) is 13.9. The third kappa shape index (κ3) is 2.45. The van der Waals surface area contributed by atoms with Crippen LogP contribution in [-0.2, 0) is 6.42 Å². The number of carbonyl (C=O) groups is 1. The van der Waals surface area contributed by atoms with E-state index in [4.69, 9.17) is 5.11 Å². The Hall–Kier alpha value is -2.50. The van der Waals surface area contributed by atoms with Crippen LogP contribution in [0.2, 0.25) is 0 Å². The molecular formula is C14H13FN2O3. The zero-order valence-electron chi connectivity index (χ0n) is 11.1. The summed E-state index contributed by atoms with van der Waals surface area (Å²) in [7, 11) is 0. The first-order valence-corrected chi connectivity index (χ1v) is 6.06. The normalized spacial score (nSPS) is 10.6. The first-order valence-electron chi connectivity index (χ1n) is 6.06. The van der Waals surface area contributed by atoms with E-state index >= 15 is 0 Å². The lowest BCUT2D eigenvalue weighted by Gasteiger charge is -2.09. The second kappa shape index (κ2) is 5.24. The molecule has 1 aromatic carbocycles. The van der Waals surface area contributed by atoms with Gasteiger partial charge in [0.25, 0.3) is 0 Å². The van der Waals surface area contributed by atoms with Crippen LogP contribution >= 0.6 is 0 Å². The topological polar surface area (TPSA) is 72.2 Å². The van der Waals surface area contributed by atoms with Crippen molar-refractivity contribution in [3.63, 3.8) is 0 Å². The lowest BCUT2D eigenvalue weighted by Crippen LogP contribution is -2.24. The van der Waals surface area contributed by atoms with Crippen LogP contribution in [0.5, 0.6) is 0 Å². The molecule has 104 valence electrons. The molecule has 20 heavy (non-hydrogen) atoms. The predicted molar refractivity (Wildman–Crippen MR) is 70.9 cm³/mol. The monoisotopic (exact) mass is 276 g/mol. The van der Waals surface area contributed by atoms with Crippen molar-refractivity contribution in [2.75, 3.05) is 0 Å². The third-order valence-electron chi connectivity index (χ3n) is 2.98. The average molecular weight is 276 g/mol. The van der Waals surface area contributed by atoms with E-state index in [1.54, 1.807) is 13.8 Å². The molecule has 0 aliphatic carbocycles. The SMILES string of the molecule is CCc1cn(-c2ccc(F)c(C)c2)nc(C(=O)O)c1=O. The Morgan fingerprint density at radius 3 is 2.70 bits per heavy atom. The molecular weight excluding hydrogens is 263 g/mol. The molecule has 1 N–H and O–H groups in total. The van der Waals surface area contributed by atoms with E-state index in [2.05, 4.69) is 5.10 Å². The van der Waals surface area contributed by atoms with Gasteiger partial charge in [-0.15, -0.1) is 0 Å². The van der Waals surface area contributed by atoms with E-state index in [9.17, 15) is 14.0 Å². The summed E-state index contributed by atoms with van der Waals surface area (Å²) in [6.45, 7) is 3.35. The summed E-state index contributed by atoms with van der Waals surface area (Å²) in [5.74, 6) is -1.73. The van der Waals surface area contributed by atoms with Crippen LogP contribution in [0.3, 0.4) is 0 Å². The molecule has 0 spiro atoms. The number of rotatable bonds is 3. The van der Waals surface area contributed by atoms with Crippen molar-refractivity contribution < 1.29 is 14.3 Å². The fourth-order valence-corrected chi connectivity index (χ4v) is 1.84. The highest BCUT2D eigenvalue weighted by Gasteiger charge is 2.15. The Morgan fingerprint density at radius 2 is 2.15 bits per heavy atom. The van der Waals surface area contributed by atoms with E-state index < -0.39 is 17.1 Å². The van der Waals surface area contributed by atoms with Gasteiger partial charge in [0.2, 0.25) is 11.1 Å². The summed E-state index contributed by atoms with van der Waals surface area (Å²) in [6, 6.07) is 4.29. The van der Waals surface area contributed by atoms with Gasteiger partial charge in [-0.2, -0.15) is 5.10 Å². The number of hydrogen-bond acceptors (Lipinski definition) is 3. The number of hydrogen-bond donors (Lipinski definition) is 1. The highest BCUT2D eigenvalue weighted by atomic mass is 19.1. The maximum Gasteiger partial charge on any atom is 0.360 e. The Morgan fingerprint density at radius 1 is 1.45 bits per heavy atom. The van der Waals surface area contributed by atoms with Crippen molar-refractivity contribution >= 4 is 5.97 Å². The van der Waals surface area contributed by atoms with E-state index in [1.165, 1.54) is 29.1 Å². The molecule has 0 fully saturated rings. The molecule has 6 heteroatoms. The van der Waals surface area contributed by atoms with Crippen molar-refractivity contribution in [2.45, 2.75) is 20.3 Å². The van der Waals surface area contributed by atoms with Gasteiger partial charge in [-0.25, -0.2) is 13.9 Å². The van der Waals surface area contributed by atoms with Gasteiger partial charge in [-0.3, -0.25) is 4.79 Å². The van der Waals surface area contributed by atoms with Crippen molar-refractivity contribution in [3.05, 3.63) is 57.3 Å². The van der Waals surface area contributed by atoms with E-state index in [1.807, 2.05) is 0 Å². The van der Waals surface area contributed by atoms with Crippen LogP contribution in [0, 0.1) is 12.7 Å². The summed E-state index contributed by atoms with van der Waals surface area (Å²) in [5.41, 5.74) is 0.139. The molecule has 0 aliphatic rings. The molecule has 0 aliphatic heterocycles. The van der Waals surface area contributed by atoms with Crippen LogP contribution in [-0.4, -0.2) is 20.9 Å². The largest absolute Gasteiger partial charge is 0.476 e. The fraction of sp³-hybridized carbons (Fsp3) is 0.214. The van der Waals surface area contributed by atoms with Gasteiger partial charge in [0.05, 0.1) is 5.69 Å². The molecule has 0 radical (unpaired) electrons. The highest BCUT2D eigenvalue weighted by Crippen LogP contribution is 2.13. The Kier molecular flexibility index (Phi) is 3.65. The number of halogens is 1. The van der Waals surface area contributed by atoms with E-state index in [0.717, 1.165) is 0 Å². The van der Waals surface area contributed by atoms with Gasteiger partial charge < -0.3 is 5.11 Å². The number of carboxylic acid groups (broad SMARTS) is 1. The van der Waals surface area contributed by atoms with Gasteiger partial charge in [-0.1, -0.05) is 6.92 Å². The van der Waals surface area contributed by atoms with Crippen LogP contribution in [0.25, 0.3) is 5.69 Å².